The predicted octanol–water partition coefficient (Wildman–Crippen LogP) is 7.77. The number of thiophene rings is 2. The van der Waals surface area contributed by atoms with E-state index in [2.05, 4.69) is 53.7 Å². The number of benzene rings is 2. The molecule has 4 heteroatoms. The topological polar surface area (TPSA) is 34.1 Å². The highest BCUT2D eigenvalue weighted by atomic mass is 32.1. The number of fused-ring (bicyclic) bond motifs is 9. The largest absolute Gasteiger partial charge is 0.289 e. The fraction of sp³-hybridized carbons (Fsp3) is 0.286. The molecule has 0 N–H and O–H groups in total. The normalized spacial score (nSPS) is 13.6. The van der Waals surface area contributed by atoms with Crippen molar-refractivity contribution in [2.45, 2.75) is 52.4 Å². The lowest BCUT2D eigenvalue weighted by molar-refractivity contribution is 0.604. The highest BCUT2D eigenvalue weighted by Crippen LogP contribution is 2.42. The Labute approximate surface area is 193 Å². The minimum Gasteiger partial charge on any atom is -0.289 e. The van der Waals surface area contributed by atoms with Crippen LogP contribution in [0.25, 0.3) is 52.5 Å². The van der Waals surface area contributed by atoms with E-state index < -0.39 is 0 Å². The summed E-state index contributed by atoms with van der Waals surface area (Å²) in [6, 6.07) is 12.3. The molecule has 32 heavy (non-hydrogen) atoms. The zero-order valence-electron chi connectivity index (χ0n) is 19.1. The fourth-order valence-corrected chi connectivity index (χ4v) is 7.29. The number of hydrogen-bond donors (Lipinski definition) is 0. The second kappa shape index (κ2) is 6.06. The molecule has 0 amide bonds. The number of rotatable bonds is 0. The standard InChI is InChI=1S/C28H24O2S2/c1-27(2,3)19-11-17-23(29)21-13-8-10-16-22(14(13)7-9-15(21)25(17)31-19)24(30)18-12-20(28(4,5)6)32-26(16)18/h7-12H,1-6H3. The molecule has 2 nitrogen and oxygen atoms in total. The summed E-state index contributed by atoms with van der Waals surface area (Å²) in [5.74, 6) is 0. The van der Waals surface area contributed by atoms with E-state index in [4.69, 9.17) is 0 Å². The molecule has 2 aromatic heterocycles. The maximum Gasteiger partial charge on any atom is 0.195 e. The van der Waals surface area contributed by atoms with Gasteiger partial charge in [-0.25, -0.2) is 0 Å². The summed E-state index contributed by atoms with van der Waals surface area (Å²) in [4.78, 5) is 29.4. The van der Waals surface area contributed by atoms with Gasteiger partial charge >= 0.3 is 0 Å². The zero-order chi connectivity index (χ0) is 22.7. The van der Waals surface area contributed by atoms with Crippen molar-refractivity contribution >= 4 is 75.2 Å². The molecule has 0 spiro atoms. The molecule has 6 aromatic rings. The van der Waals surface area contributed by atoms with Crippen molar-refractivity contribution in [3.05, 3.63) is 66.6 Å². The maximum absolute atomic E-state index is 13.5. The van der Waals surface area contributed by atoms with E-state index in [0.29, 0.717) is 0 Å². The molecular formula is C28H24O2S2. The Bertz CT molecular complexity index is 1690. The van der Waals surface area contributed by atoms with Gasteiger partial charge in [-0.2, -0.15) is 0 Å². The van der Waals surface area contributed by atoms with E-state index in [9.17, 15) is 9.59 Å². The van der Waals surface area contributed by atoms with Crippen LogP contribution in [0.4, 0.5) is 0 Å². The highest BCUT2D eigenvalue weighted by Gasteiger charge is 2.24. The van der Waals surface area contributed by atoms with Crippen molar-refractivity contribution in [3.8, 4) is 0 Å². The van der Waals surface area contributed by atoms with Crippen molar-refractivity contribution in [1.29, 1.82) is 0 Å². The SMILES string of the molecule is CC(C)(C)c1cc2c(=O)c3c4ccc5c6sc(C(C)(C)C)cc6c(=O)c5c4ccc3c2s1. The molecule has 0 fully saturated rings. The van der Waals surface area contributed by atoms with Gasteiger partial charge in [0.15, 0.2) is 10.9 Å². The Kier molecular flexibility index (Phi) is 3.80. The molecule has 6 rings (SSSR count). The molecule has 4 aromatic carbocycles. The van der Waals surface area contributed by atoms with Crippen LogP contribution in [0, 0.1) is 0 Å². The minimum absolute atomic E-state index is 0.0167. The van der Waals surface area contributed by atoms with Crippen molar-refractivity contribution in [2.75, 3.05) is 0 Å². The quantitative estimate of drug-likeness (QED) is 0.234. The van der Waals surface area contributed by atoms with E-state index in [1.54, 1.807) is 22.7 Å². The molecule has 0 atom stereocenters. The summed E-state index contributed by atoms with van der Waals surface area (Å²) in [6.45, 7) is 13.1. The summed E-state index contributed by atoms with van der Waals surface area (Å²) < 4.78 is 2.13. The fourth-order valence-electron chi connectivity index (χ4n) is 4.80. The molecule has 0 aliphatic heterocycles. The van der Waals surface area contributed by atoms with E-state index in [1.807, 2.05) is 24.3 Å². The smallest absolute Gasteiger partial charge is 0.195 e. The highest BCUT2D eigenvalue weighted by molar-refractivity contribution is 7.20. The average molecular weight is 457 g/mol. The van der Waals surface area contributed by atoms with Crippen molar-refractivity contribution < 1.29 is 0 Å². The molecule has 0 bridgehead atoms. The monoisotopic (exact) mass is 456 g/mol. The Morgan fingerprint density at radius 2 is 0.875 bits per heavy atom. The van der Waals surface area contributed by atoms with Gasteiger partial charge in [-0.3, -0.25) is 9.59 Å². The second-order valence-electron chi connectivity index (χ2n) is 10.9. The summed E-state index contributed by atoms with van der Waals surface area (Å²) in [7, 11) is 0. The molecule has 0 radical (unpaired) electrons. The lowest BCUT2D eigenvalue weighted by Gasteiger charge is -2.15. The van der Waals surface area contributed by atoms with Crippen LogP contribution in [0.2, 0.25) is 0 Å². The molecule has 160 valence electrons. The van der Waals surface area contributed by atoms with Gasteiger partial charge in [0.1, 0.15) is 0 Å². The molecule has 2 heterocycles. The van der Waals surface area contributed by atoms with E-state index >= 15 is 0 Å². The van der Waals surface area contributed by atoms with Crippen LogP contribution in [-0.4, -0.2) is 0 Å². The zero-order valence-corrected chi connectivity index (χ0v) is 20.7. The maximum atomic E-state index is 13.5. The summed E-state index contributed by atoms with van der Waals surface area (Å²) in [5.41, 5.74) is 0.205. The molecule has 0 aliphatic carbocycles. The van der Waals surface area contributed by atoms with Crippen LogP contribution in [0.1, 0.15) is 51.3 Å². The molecular weight excluding hydrogens is 432 g/mol. The van der Waals surface area contributed by atoms with Gasteiger partial charge < -0.3 is 0 Å². The van der Waals surface area contributed by atoms with Gasteiger partial charge in [-0.1, -0.05) is 65.8 Å². The minimum atomic E-state index is 0.0167. The van der Waals surface area contributed by atoms with E-state index in [0.717, 1.165) is 52.5 Å². The Hall–Kier alpha value is -2.56. The predicted molar refractivity (Wildman–Crippen MR) is 142 cm³/mol. The van der Waals surface area contributed by atoms with Crippen LogP contribution in [0.3, 0.4) is 0 Å². The molecule has 0 unspecified atom stereocenters. The Balaban J connectivity index is 1.72. The average Bonchev–Trinajstić information content (AvgIpc) is 3.43. The van der Waals surface area contributed by atoms with Crippen LogP contribution < -0.4 is 10.9 Å². The summed E-state index contributed by atoms with van der Waals surface area (Å²) >= 11 is 3.44. The van der Waals surface area contributed by atoms with Crippen LogP contribution >= 0.6 is 22.7 Å². The first kappa shape index (κ1) is 20.1. The van der Waals surface area contributed by atoms with Crippen LogP contribution in [-0.2, 0) is 10.8 Å². The molecule has 0 aliphatic rings. The van der Waals surface area contributed by atoms with Gasteiger partial charge in [-0.05, 0) is 33.7 Å². The van der Waals surface area contributed by atoms with Crippen LogP contribution in [0.15, 0.2) is 46.0 Å². The Morgan fingerprint density at radius 1 is 0.531 bits per heavy atom. The molecule has 0 saturated heterocycles. The summed E-state index contributed by atoms with van der Waals surface area (Å²) in [6.07, 6.45) is 0. The third-order valence-electron chi connectivity index (χ3n) is 6.58. The lowest BCUT2D eigenvalue weighted by Crippen LogP contribution is -2.08. The third kappa shape index (κ3) is 2.51. The summed E-state index contributed by atoms with van der Waals surface area (Å²) in [5, 5.41) is 6.93. The Morgan fingerprint density at radius 3 is 1.22 bits per heavy atom. The van der Waals surface area contributed by atoms with Crippen molar-refractivity contribution in [3.63, 3.8) is 0 Å². The first-order valence-corrected chi connectivity index (χ1v) is 12.6. The van der Waals surface area contributed by atoms with Crippen molar-refractivity contribution in [2.24, 2.45) is 0 Å². The first-order valence-electron chi connectivity index (χ1n) is 11.0. The lowest BCUT2D eigenvalue weighted by atomic mass is 9.94. The van der Waals surface area contributed by atoms with E-state index in [1.165, 1.54) is 9.75 Å². The van der Waals surface area contributed by atoms with Gasteiger partial charge in [0.05, 0.1) is 0 Å². The number of hydrogen-bond acceptors (Lipinski definition) is 4. The van der Waals surface area contributed by atoms with Gasteiger partial charge in [-0.15, -0.1) is 22.7 Å². The van der Waals surface area contributed by atoms with Gasteiger partial charge in [0.2, 0.25) is 0 Å². The molecule has 0 saturated carbocycles. The van der Waals surface area contributed by atoms with Gasteiger partial charge in [0, 0.05) is 51.5 Å². The van der Waals surface area contributed by atoms with Crippen molar-refractivity contribution in [1.82, 2.24) is 0 Å². The third-order valence-corrected chi connectivity index (χ3v) is 9.76. The van der Waals surface area contributed by atoms with Crippen LogP contribution in [0.5, 0.6) is 0 Å². The van der Waals surface area contributed by atoms with E-state index in [-0.39, 0.29) is 21.7 Å². The van der Waals surface area contributed by atoms with Gasteiger partial charge in [0.25, 0.3) is 0 Å². The first-order chi connectivity index (χ1) is 15.0. The second-order valence-corrected chi connectivity index (χ2v) is 13.0.